The number of carboxylic acids is 1. The van der Waals surface area contributed by atoms with Crippen molar-refractivity contribution in [2.45, 2.75) is 13.3 Å². The summed E-state index contributed by atoms with van der Waals surface area (Å²) in [5.41, 5.74) is 1.40. The van der Waals surface area contributed by atoms with Crippen LogP contribution in [0.15, 0.2) is 18.2 Å². The van der Waals surface area contributed by atoms with E-state index >= 15 is 0 Å². The lowest BCUT2D eigenvalue weighted by atomic mass is 10.2. The summed E-state index contributed by atoms with van der Waals surface area (Å²) in [7, 11) is 1.53. The van der Waals surface area contributed by atoms with E-state index in [0.717, 1.165) is 5.56 Å². The van der Waals surface area contributed by atoms with Gasteiger partial charge in [0.1, 0.15) is 0 Å². The number of nitrogens with one attached hydrogen (secondary N) is 1. The van der Waals surface area contributed by atoms with E-state index in [9.17, 15) is 9.59 Å². The number of urea groups is 1. The van der Waals surface area contributed by atoms with Gasteiger partial charge in [-0.2, -0.15) is 0 Å². The Morgan fingerprint density at radius 2 is 2.11 bits per heavy atom. The highest BCUT2D eigenvalue weighted by Crippen LogP contribution is 2.25. The molecule has 0 aromatic heterocycles. The van der Waals surface area contributed by atoms with Crippen molar-refractivity contribution in [3.05, 3.63) is 28.8 Å². The number of amides is 2. The Labute approximate surface area is 110 Å². The summed E-state index contributed by atoms with van der Waals surface area (Å²) in [6, 6.07) is 4.93. The molecule has 0 saturated carbocycles. The van der Waals surface area contributed by atoms with E-state index < -0.39 is 5.97 Å². The molecule has 0 unspecified atom stereocenters. The van der Waals surface area contributed by atoms with Crippen LogP contribution in [0.5, 0.6) is 0 Å². The fraction of sp³-hybridized carbons (Fsp3) is 0.333. The van der Waals surface area contributed by atoms with Crippen molar-refractivity contribution in [2.75, 3.05) is 18.9 Å². The summed E-state index contributed by atoms with van der Waals surface area (Å²) in [4.78, 5) is 23.5. The quantitative estimate of drug-likeness (QED) is 0.883. The first kappa shape index (κ1) is 14.3. The Morgan fingerprint density at radius 1 is 1.44 bits per heavy atom. The van der Waals surface area contributed by atoms with Crippen LogP contribution < -0.4 is 5.32 Å². The molecule has 0 spiro atoms. The standard InChI is InChI=1S/C12H15ClN2O3/c1-8-4-3-5-9(13)11(8)14-12(18)15(2)7-6-10(16)17/h3-5H,6-7H2,1-2H3,(H,14,18)(H,16,17). The Kier molecular flexibility index (Phi) is 4.97. The maximum absolute atomic E-state index is 11.8. The summed E-state index contributed by atoms with van der Waals surface area (Å²) in [6.07, 6.45) is -0.0918. The zero-order chi connectivity index (χ0) is 13.7. The molecule has 0 radical (unpaired) electrons. The molecular weight excluding hydrogens is 256 g/mol. The highest BCUT2D eigenvalue weighted by atomic mass is 35.5. The fourth-order valence-corrected chi connectivity index (χ4v) is 1.63. The van der Waals surface area contributed by atoms with Gasteiger partial charge in [-0.05, 0) is 18.6 Å². The monoisotopic (exact) mass is 270 g/mol. The van der Waals surface area contributed by atoms with E-state index in [2.05, 4.69) is 5.32 Å². The number of carbonyl (C=O) groups excluding carboxylic acids is 1. The normalized spacial score (nSPS) is 9.94. The number of aliphatic carboxylic acids is 1. The van der Waals surface area contributed by atoms with Crippen LogP contribution in [0, 0.1) is 6.92 Å². The van der Waals surface area contributed by atoms with Crippen LogP contribution in [0.4, 0.5) is 10.5 Å². The van der Waals surface area contributed by atoms with Gasteiger partial charge in [0, 0.05) is 13.6 Å². The number of benzene rings is 1. The molecule has 0 fully saturated rings. The van der Waals surface area contributed by atoms with Crippen molar-refractivity contribution in [2.24, 2.45) is 0 Å². The zero-order valence-electron chi connectivity index (χ0n) is 10.2. The van der Waals surface area contributed by atoms with Gasteiger partial charge in [-0.1, -0.05) is 23.7 Å². The minimum atomic E-state index is -0.941. The van der Waals surface area contributed by atoms with Crippen LogP contribution >= 0.6 is 11.6 Å². The largest absolute Gasteiger partial charge is 0.481 e. The minimum Gasteiger partial charge on any atom is -0.481 e. The van der Waals surface area contributed by atoms with Gasteiger partial charge in [0.05, 0.1) is 17.1 Å². The van der Waals surface area contributed by atoms with Crippen molar-refractivity contribution >= 4 is 29.3 Å². The predicted molar refractivity (Wildman–Crippen MR) is 70.1 cm³/mol. The number of rotatable bonds is 4. The van der Waals surface area contributed by atoms with Gasteiger partial charge in [-0.15, -0.1) is 0 Å². The van der Waals surface area contributed by atoms with Crippen LogP contribution in [-0.4, -0.2) is 35.6 Å². The third kappa shape index (κ3) is 3.92. The molecule has 0 aliphatic rings. The Morgan fingerprint density at radius 3 is 2.67 bits per heavy atom. The molecule has 1 aromatic carbocycles. The molecule has 0 atom stereocenters. The number of carbonyl (C=O) groups is 2. The molecule has 18 heavy (non-hydrogen) atoms. The lowest BCUT2D eigenvalue weighted by Crippen LogP contribution is -2.33. The zero-order valence-corrected chi connectivity index (χ0v) is 11.0. The molecule has 0 heterocycles. The van der Waals surface area contributed by atoms with Crippen molar-refractivity contribution in [3.63, 3.8) is 0 Å². The lowest BCUT2D eigenvalue weighted by molar-refractivity contribution is -0.137. The van der Waals surface area contributed by atoms with E-state index in [1.54, 1.807) is 12.1 Å². The van der Waals surface area contributed by atoms with Gasteiger partial charge in [-0.25, -0.2) is 4.79 Å². The molecule has 0 saturated heterocycles. The van der Waals surface area contributed by atoms with Crippen molar-refractivity contribution < 1.29 is 14.7 Å². The van der Waals surface area contributed by atoms with E-state index in [4.69, 9.17) is 16.7 Å². The van der Waals surface area contributed by atoms with Crippen LogP contribution in [0.3, 0.4) is 0 Å². The SMILES string of the molecule is Cc1cccc(Cl)c1NC(=O)N(C)CCC(=O)O. The highest BCUT2D eigenvalue weighted by molar-refractivity contribution is 6.33. The summed E-state index contributed by atoms with van der Waals surface area (Å²) in [5.74, 6) is -0.941. The molecular formula is C12H15ClN2O3. The number of nitrogens with zero attached hydrogens (tertiary/aromatic N) is 1. The van der Waals surface area contributed by atoms with Gasteiger partial charge in [0.2, 0.25) is 0 Å². The van der Waals surface area contributed by atoms with Crippen LogP contribution in [0.2, 0.25) is 5.02 Å². The van der Waals surface area contributed by atoms with Crippen molar-refractivity contribution in [3.8, 4) is 0 Å². The Hall–Kier alpha value is -1.75. The summed E-state index contributed by atoms with van der Waals surface area (Å²) >= 11 is 5.98. The maximum atomic E-state index is 11.8. The molecule has 1 rings (SSSR count). The number of hydrogen-bond donors (Lipinski definition) is 2. The number of para-hydroxylation sites is 1. The van der Waals surface area contributed by atoms with E-state index in [0.29, 0.717) is 10.7 Å². The smallest absolute Gasteiger partial charge is 0.321 e. The van der Waals surface area contributed by atoms with Crippen LogP contribution in [0.1, 0.15) is 12.0 Å². The first-order valence-electron chi connectivity index (χ1n) is 5.41. The molecule has 2 N–H and O–H groups in total. The molecule has 2 amide bonds. The van der Waals surface area contributed by atoms with Gasteiger partial charge < -0.3 is 15.3 Å². The first-order valence-corrected chi connectivity index (χ1v) is 5.78. The fourth-order valence-electron chi connectivity index (χ4n) is 1.36. The number of anilines is 1. The van der Waals surface area contributed by atoms with Gasteiger partial charge >= 0.3 is 12.0 Å². The average molecular weight is 271 g/mol. The van der Waals surface area contributed by atoms with Crippen LogP contribution in [-0.2, 0) is 4.79 Å². The third-order valence-electron chi connectivity index (χ3n) is 2.46. The Balaban J connectivity index is 2.67. The number of carboxylic acid groups (broad SMARTS) is 1. The molecule has 6 heteroatoms. The molecule has 98 valence electrons. The van der Waals surface area contributed by atoms with E-state index in [-0.39, 0.29) is 19.0 Å². The van der Waals surface area contributed by atoms with Crippen molar-refractivity contribution in [1.29, 1.82) is 0 Å². The average Bonchev–Trinajstić information content (AvgIpc) is 2.30. The Bertz CT molecular complexity index is 442. The second-order valence-corrected chi connectivity index (χ2v) is 4.33. The lowest BCUT2D eigenvalue weighted by Gasteiger charge is -2.18. The van der Waals surface area contributed by atoms with Crippen molar-refractivity contribution in [1.82, 2.24) is 4.90 Å². The van der Waals surface area contributed by atoms with E-state index in [1.165, 1.54) is 11.9 Å². The summed E-state index contributed by atoms with van der Waals surface area (Å²) in [6.45, 7) is 1.98. The van der Waals surface area contributed by atoms with Gasteiger partial charge in [0.25, 0.3) is 0 Å². The topological polar surface area (TPSA) is 69.6 Å². The second kappa shape index (κ2) is 6.26. The minimum absolute atomic E-state index is 0.0918. The number of hydrogen-bond acceptors (Lipinski definition) is 2. The second-order valence-electron chi connectivity index (χ2n) is 3.93. The number of aryl methyl sites for hydroxylation is 1. The summed E-state index contributed by atoms with van der Waals surface area (Å²) < 4.78 is 0. The molecule has 1 aromatic rings. The molecule has 5 nitrogen and oxygen atoms in total. The molecule has 0 bridgehead atoms. The molecule has 0 aliphatic carbocycles. The summed E-state index contributed by atoms with van der Waals surface area (Å²) in [5, 5.41) is 11.7. The third-order valence-corrected chi connectivity index (χ3v) is 2.78. The van der Waals surface area contributed by atoms with E-state index in [1.807, 2.05) is 13.0 Å². The molecule has 0 aliphatic heterocycles. The van der Waals surface area contributed by atoms with Crippen LogP contribution in [0.25, 0.3) is 0 Å². The number of halogens is 1. The predicted octanol–water partition coefficient (Wildman–Crippen LogP) is 2.59. The first-order chi connectivity index (χ1) is 8.41. The van der Waals surface area contributed by atoms with Gasteiger partial charge in [0.15, 0.2) is 0 Å². The highest BCUT2D eigenvalue weighted by Gasteiger charge is 2.13. The van der Waals surface area contributed by atoms with Gasteiger partial charge in [-0.3, -0.25) is 4.79 Å². The maximum Gasteiger partial charge on any atom is 0.321 e.